The Morgan fingerprint density at radius 3 is 2.86 bits per heavy atom. The van der Waals surface area contributed by atoms with Crippen molar-refractivity contribution in [2.75, 3.05) is 6.61 Å². The lowest BCUT2D eigenvalue weighted by Crippen LogP contribution is -2.52. The molecule has 1 aromatic carbocycles. The van der Waals surface area contributed by atoms with Crippen molar-refractivity contribution in [2.24, 2.45) is 0 Å². The predicted molar refractivity (Wildman–Crippen MR) is 80.7 cm³/mol. The second-order valence-electron chi connectivity index (χ2n) is 5.04. The molecule has 6 heteroatoms. The third-order valence-electron chi connectivity index (χ3n) is 3.43. The zero-order valence-electron chi connectivity index (χ0n) is 12.2. The molecule has 2 atom stereocenters. The molecule has 3 rings (SSSR count). The molecule has 0 spiro atoms. The first-order valence-corrected chi connectivity index (χ1v) is 7.08. The predicted octanol–water partition coefficient (Wildman–Crippen LogP) is 1.54. The third kappa shape index (κ3) is 3.17. The van der Waals surface area contributed by atoms with Gasteiger partial charge in [0, 0.05) is 12.4 Å². The molecule has 0 saturated heterocycles. The van der Waals surface area contributed by atoms with E-state index in [4.69, 9.17) is 9.47 Å². The van der Waals surface area contributed by atoms with Gasteiger partial charge in [0.1, 0.15) is 12.7 Å². The van der Waals surface area contributed by atoms with Crippen LogP contribution in [0.2, 0.25) is 0 Å². The Labute approximate surface area is 128 Å². The van der Waals surface area contributed by atoms with Gasteiger partial charge in [-0.3, -0.25) is 15.2 Å². The fourth-order valence-corrected chi connectivity index (χ4v) is 2.12. The topological polar surface area (TPSA) is 72.5 Å². The highest BCUT2D eigenvalue weighted by molar-refractivity contribution is 5.93. The molecule has 0 radical (unpaired) electrons. The number of aromatic nitrogens is 1. The first-order chi connectivity index (χ1) is 10.7. The van der Waals surface area contributed by atoms with Crippen molar-refractivity contribution < 1.29 is 14.3 Å². The molecule has 6 nitrogen and oxygen atoms in total. The van der Waals surface area contributed by atoms with Gasteiger partial charge in [0.25, 0.3) is 5.91 Å². The smallest absolute Gasteiger partial charge is 0.266 e. The number of nitrogens with one attached hydrogen (secondary N) is 2. The van der Waals surface area contributed by atoms with Crippen LogP contribution in [0.1, 0.15) is 17.3 Å². The van der Waals surface area contributed by atoms with Gasteiger partial charge in [-0.15, -0.1) is 0 Å². The van der Waals surface area contributed by atoms with Crippen molar-refractivity contribution in [1.29, 1.82) is 0 Å². The lowest BCUT2D eigenvalue weighted by molar-refractivity contribution is 0.0597. The quantitative estimate of drug-likeness (QED) is 0.838. The van der Waals surface area contributed by atoms with E-state index in [1.54, 1.807) is 18.3 Å². The molecule has 0 bridgehead atoms. The number of carbonyl (C=O) groups excluding carboxylic acids is 1. The maximum atomic E-state index is 11.9. The molecule has 0 saturated carbocycles. The molecule has 1 aromatic heterocycles. The number of benzene rings is 1. The lowest BCUT2D eigenvalue weighted by atomic mass is 10.2. The van der Waals surface area contributed by atoms with E-state index in [0.29, 0.717) is 17.9 Å². The van der Waals surface area contributed by atoms with Crippen molar-refractivity contribution in [3.05, 3.63) is 54.4 Å². The highest BCUT2D eigenvalue weighted by Gasteiger charge is 2.26. The SMILES string of the molecule is CC(NNC(=O)c1cccnc1)C1COc2ccccc2O1. The van der Waals surface area contributed by atoms with Crippen molar-refractivity contribution in [3.8, 4) is 11.5 Å². The maximum absolute atomic E-state index is 11.9. The van der Waals surface area contributed by atoms with E-state index < -0.39 is 0 Å². The molecule has 2 heterocycles. The summed E-state index contributed by atoms with van der Waals surface area (Å²) < 4.78 is 11.5. The first-order valence-electron chi connectivity index (χ1n) is 7.08. The summed E-state index contributed by atoms with van der Waals surface area (Å²) in [4.78, 5) is 15.9. The number of hydrogen-bond acceptors (Lipinski definition) is 5. The van der Waals surface area contributed by atoms with Crippen LogP contribution in [0.15, 0.2) is 48.8 Å². The fourth-order valence-electron chi connectivity index (χ4n) is 2.12. The molecule has 2 aromatic rings. The van der Waals surface area contributed by atoms with Crippen LogP contribution < -0.4 is 20.3 Å². The molecule has 1 amide bonds. The summed E-state index contributed by atoms with van der Waals surface area (Å²) in [5.41, 5.74) is 6.10. The Hall–Kier alpha value is -2.60. The molecule has 1 aliphatic rings. The van der Waals surface area contributed by atoms with Gasteiger partial charge in [0.15, 0.2) is 11.5 Å². The fraction of sp³-hybridized carbons (Fsp3) is 0.250. The van der Waals surface area contributed by atoms with Crippen LogP contribution in [-0.2, 0) is 0 Å². The monoisotopic (exact) mass is 299 g/mol. The van der Waals surface area contributed by atoms with Crippen molar-refractivity contribution in [1.82, 2.24) is 15.8 Å². The zero-order valence-corrected chi connectivity index (χ0v) is 12.2. The molecule has 22 heavy (non-hydrogen) atoms. The summed E-state index contributed by atoms with van der Waals surface area (Å²) in [6.45, 7) is 2.35. The minimum absolute atomic E-state index is 0.117. The van der Waals surface area contributed by atoms with Crippen LogP contribution in [0.5, 0.6) is 11.5 Å². The zero-order chi connectivity index (χ0) is 15.4. The van der Waals surface area contributed by atoms with Gasteiger partial charge >= 0.3 is 0 Å². The van der Waals surface area contributed by atoms with E-state index in [9.17, 15) is 4.79 Å². The van der Waals surface area contributed by atoms with E-state index in [-0.39, 0.29) is 18.1 Å². The number of fused-ring (bicyclic) bond motifs is 1. The Morgan fingerprint density at radius 1 is 1.27 bits per heavy atom. The first kappa shape index (κ1) is 14.3. The van der Waals surface area contributed by atoms with Crippen LogP contribution in [0, 0.1) is 0 Å². The van der Waals surface area contributed by atoms with Gasteiger partial charge in [-0.2, -0.15) is 0 Å². The summed E-state index contributed by atoms with van der Waals surface area (Å²) in [5, 5.41) is 0. The maximum Gasteiger partial charge on any atom is 0.266 e. The Bertz CT molecular complexity index is 648. The molecule has 2 unspecified atom stereocenters. The highest BCUT2D eigenvalue weighted by Crippen LogP contribution is 2.31. The van der Waals surface area contributed by atoms with Crippen LogP contribution in [-0.4, -0.2) is 29.6 Å². The minimum atomic E-state index is -0.239. The number of ether oxygens (including phenoxy) is 2. The number of para-hydroxylation sites is 2. The van der Waals surface area contributed by atoms with Crippen molar-refractivity contribution >= 4 is 5.91 Å². The average Bonchev–Trinajstić information content (AvgIpc) is 2.59. The van der Waals surface area contributed by atoms with Gasteiger partial charge in [-0.25, -0.2) is 5.43 Å². The van der Waals surface area contributed by atoms with Crippen molar-refractivity contribution in [2.45, 2.75) is 19.1 Å². The number of amides is 1. The van der Waals surface area contributed by atoms with Gasteiger partial charge in [0.05, 0.1) is 11.6 Å². The summed E-state index contributed by atoms with van der Waals surface area (Å²) >= 11 is 0. The van der Waals surface area contributed by atoms with E-state index >= 15 is 0 Å². The largest absolute Gasteiger partial charge is 0.486 e. The van der Waals surface area contributed by atoms with E-state index in [0.717, 1.165) is 5.75 Å². The van der Waals surface area contributed by atoms with Gasteiger partial charge in [-0.05, 0) is 31.2 Å². The average molecular weight is 299 g/mol. The number of hydrogen-bond donors (Lipinski definition) is 2. The molecule has 2 N–H and O–H groups in total. The number of carbonyl (C=O) groups is 1. The molecular formula is C16H17N3O3. The molecular weight excluding hydrogens is 282 g/mol. The van der Waals surface area contributed by atoms with Crippen LogP contribution in [0.3, 0.4) is 0 Å². The van der Waals surface area contributed by atoms with Crippen molar-refractivity contribution in [3.63, 3.8) is 0 Å². The molecule has 1 aliphatic heterocycles. The molecule has 114 valence electrons. The van der Waals surface area contributed by atoms with Gasteiger partial charge in [0.2, 0.25) is 0 Å². The highest BCUT2D eigenvalue weighted by atomic mass is 16.6. The number of rotatable bonds is 4. The molecule has 0 aliphatic carbocycles. The van der Waals surface area contributed by atoms with Gasteiger partial charge < -0.3 is 9.47 Å². The second-order valence-corrected chi connectivity index (χ2v) is 5.04. The summed E-state index contributed by atoms with van der Waals surface area (Å²) in [6.07, 6.45) is 2.94. The number of nitrogens with zero attached hydrogens (tertiary/aromatic N) is 1. The van der Waals surface area contributed by atoms with Crippen LogP contribution >= 0.6 is 0 Å². The van der Waals surface area contributed by atoms with Gasteiger partial charge in [-0.1, -0.05) is 12.1 Å². The summed E-state index contributed by atoms with van der Waals surface area (Å²) in [5.74, 6) is 1.22. The van der Waals surface area contributed by atoms with E-state index in [1.165, 1.54) is 6.20 Å². The van der Waals surface area contributed by atoms with Crippen LogP contribution in [0.25, 0.3) is 0 Å². The van der Waals surface area contributed by atoms with E-state index in [2.05, 4.69) is 15.8 Å². The Kier molecular flexibility index (Phi) is 4.20. The Morgan fingerprint density at radius 2 is 2.09 bits per heavy atom. The third-order valence-corrected chi connectivity index (χ3v) is 3.43. The molecule has 0 fully saturated rings. The Balaban J connectivity index is 1.55. The van der Waals surface area contributed by atoms with Crippen LogP contribution in [0.4, 0.5) is 0 Å². The standard InChI is InChI=1S/C16H17N3O3/c1-11(18-19-16(20)12-5-4-8-17-9-12)15-10-21-13-6-2-3-7-14(13)22-15/h2-9,11,15,18H,10H2,1H3,(H,19,20). The number of hydrazine groups is 1. The summed E-state index contributed by atoms with van der Waals surface area (Å²) in [6, 6.07) is 10.8. The minimum Gasteiger partial charge on any atom is -0.486 e. The lowest BCUT2D eigenvalue weighted by Gasteiger charge is -2.30. The second kappa shape index (κ2) is 6.44. The van der Waals surface area contributed by atoms with E-state index in [1.807, 2.05) is 31.2 Å². The summed E-state index contributed by atoms with van der Waals surface area (Å²) in [7, 11) is 0. The number of pyridine rings is 1. The normalized spacial score (nSPS) is 17.6.